The number of hydrogen-bond acceptors (Lipinski definition) is 6. The molecule has 0 aliphatic carbocycles. The monoisotopic (exact) mass is 1050 g/mol. The van der Waals surface area contributed by atoms with Gasteiger partial charge in [-0.1, -0.05) is 343 Å². The molecule has 0 radical (unpaired) electrons. The summed E-state index contributed by atoms with van der Waals surface area (Å²) in [6.07, 6.45) is 65.4. The summed E-state index contributed by atoms with van der Waals surface area (Å²) in [6.45, 7) is 13.9. The average molecular weight is 1050 g/mol. The fourth-order valence-corrected chi connectivity index (χ4v) is 10.6. The molecule has 1 unspecified atom stereocenters. The van der Waals surface area contributed by atoms with Crippen molar-refractivity contribution in [2.45, 2.75) is 388 Å². The van der Waals surface area contributed by atoms with E-state index in [2.05, 4.69) is 41.5 Å². The Morgan fingerprint density at radius 3 is 0.703 bits per heavy atom. The first-order valence-corrected chi connectivity index (χ1v) is 33.6. The summed E-state index contributed by atoms with van der Waals surface area (Å²) in [4.78, 5) is 38.4. The van der Waals surface area contributed by atoms with Crippen LogP contribution >= 0.6 is 0 Å². The molecule has 0 fully saturated rings. The van der Waals surface area contributed by atoms with Gasteiger partial charge in [-0.3, -0.25) is 14.4 Å². The molecule has 0 saturated heterocycles. The molecule has 0 aromatic rings. The minimum Gasteiger partial charge on any atom is -0.462 e. The Bertz CT molecular complexity index is 1150. The molecule has 0 bridgehead atoms. The van der Waals surface area contributed by atoms with Gasteiger partial charge in [-0.2, -0.15) is 0 Å². The first-order valence-electron chi connectivity index (χ1n) is 33.6. The van der Waals surface area contributed by atoms with Crippen molar-refractivity contribution in [2.75, 3.05) is 13.2 Å². The molecule has 0 amide bonds. The highest BCUT2D eigenvalue weighted by atomic mass is 16.6. The Balaban J connectivity index is 4.23. The van der Waals surface area contributed by atoms with Crippen LogP contribution in [-0.2, 0) is 28.6 Å². The normalized spacial score (nSPS) is 12.5. The Hall–Kier alpha value is -1.59. The molecule has 0 spiro atoms. The van der Waals surface area contributed by atoms with Crippen molar-refractivity contribution in [3.63, 3.8) is 0 Å². The van der Waals surface area contributed by atoms with E-state index in [1.807, 2.05) is 0 Å². The van der Waals surface area contributed by atoms with Crippen LogP contribution < -0.4 is 0 Å². The lowest BCUT2D eigenvalue weighted by molar-refractivity contribution is -0.167. The van der Waals surface area contributed by atoms with E-state index in [9.17, 15) is 14.4 Å². The smallest absolute Gasteiger partial charge is 0.306 e. The summed E-state index contributed by atoms with van der Waals surface area (Å²) in [6, 6.07) is 0. The summed E-state index contributed by atoms with van der Waals surface area (Å²) in [5, 5.41) is 0. The zero-order chi connectivity index (χ0) is 54.1. The first kappa shape index (κ1) is 72.4. The van der Waals surface area contributed by atoms with Crippen LogP contribution in [0.5, 0.6) is 0 Å². The Morgan fingerprint density at radius 2 is 0.473 bits per heavy atom. The van der Waals surface area contributed by atoms with E-state index in [1.165, 1.54) is 263 Å². The molecular weight excluding hydrogens is 913 g/mol. The highest BCUT2D eigenvalue weighted by Gasteiger charge is 2.20. The number of esters is 3. The van der Waals surface area contributed by atoms with Gasteiger partial charge in [0.2, 0.25) is 0 Å². The number of rotatable bonds is 61. The van der Waals surface area contributed by atoms with Gasteiger partial charge in [-0.15, -0.1) is 0 Å². The molecule has 0 aliphatic rings. The zero-order valence-electron chi connectivity index (χ0n) is 51.1. The van der Waals surface area contributed by atoms with Crippen molar-refractivity contribution in [3.8, 4) is 0 Å². The van der Waals surface area contributed by atoms with E-state index >= 15 is 0 Å². The summed E-state index contributed by atoms with van der Waals surface area (Å²) in [7, 11) is 0. The van der Waals surface area contributed by atoms with Crippen LogP contribution in [0.15, 0.2) is 0 Å². The van der Waals surface area contributed by atoms with Crippen LogP contribution in [0.2, 0.25) is 0 Å². The second-order valence-corrected chi connectivity index (χ2v) is 24.7. The van der Waals surface area contributed by atoms with Gasteiger partial charge in [-0.25, -0.2) is 0 Å². The van der Waals surface area contributed by atoms with Crippen molar-refractivity contribution in [1.29, 1.82) is 0 Å². The molecule has 0 rings (SSSR count). The standard InChI is InChI=1S/C68H132O6/c1-7-64(6)56-50-44-38-32-25-21-17-13-9-11-14-18-22-26-33-39-45-51-57-66(69)72-60-65(61-73-67(70)58-52-46-40-34-29-28-31-37-43-49-55-63(4)5)74-68(71)59-53-47-41-35-27-23-19-15-10-8-12-16-20-24-30-36-42-48-54-62(2)3/h62-65H,7-61H2,1-6H3/t64?,65-/m0/s1. The SMILES string of the molecule is CCC(C)CCCCCCCCCCCCCCCCCCCCC(=O)OC[C@@H](COC(=O)CCCCCCCCCCCCC(C)C)OC(=O)CCCCCCCCCCCCCCCCCCCCC(C)C. The van der Waals surface area contributed by atoms with Gasteiger partial charge in [0.15, 0.2) is 6.10 Å². The van der Waals surface area contributed by atoms with Gasteiger partial charge in [-0.05, 0) is 37.0 Å². The van der Waals surface area contributed by atoms with Gasteiger partial charge in [0.25, 0.3) is 0 Å². The van der Waals surface area contributed by atoms with Crippen molar-refractivity contribution >= 4 is 17.9 Å². The van der Waals surface area contributed by atoms with Crippen molar-refractivity contribution in [3.05, 3.63) is 0 Å². The number of unbranched alkanes of at least 4 members (excludes halogenated alkanes) is 43. The third-order valence-corrected chi connectivity index (χ3v) is 16.0. The van der Waals surface area contributed by atoms with Crippen LogP contribution in [0.25, 0.3) is 0 Å². The lowest BCUT2D eigenvalue weighted by atomic mass is 9.99. The van der Waals surface area contributed by atoms with Gasteiger partial charge < -0.3 is 14.2 Å². The Kier molecular flexibility index (Phi) is 57.8. The summed E-state index contributed by atoms with van der Waals surface area (Å²) < 4.78 is 17.0. The zero-order valence-corrected chi connectivity index (χ0v) is 51.1. The van der Waals surface area contributed by atoms with E-state index < -0.39 is 6.10 Å². The maximum Gasteiger partial charge on any atom is 0.306 e. The molecule has 0 saturated carbocycles. The van der Waals surface area contributed by atoms with E-state index in [0.29, 0.717) is 19.3 Å². The highest BCUT2D eigenvalue weighted by molar-refractivity contribution is 5.71. The second-order valence-electron chi connectivity index (χ2n) is 24.7. The topological polar surface area (TPSA) is 78.9 Å². The Labute approximate surface area is 463 Å². The predicted octanol–water partition coefficient (Wildman–Crippen LogP) is 22.6. The summed E-state index contributed by atoms with van der Waals surface area (Å²) in [5.74, 6) is 1.75. The van der Waals surface area contributed by atoms with E-state index in [0.717, 1.165) is 75.5 Å². The lowest BCUT2D eigenvalue weighted by Gasteiger charge is -2.18. The molecular formula is C68H132O6. The van der Waals surface area contributed by atoms with E-state index in [1.54, 1.807) is 0 Å². The largest absolute Gasteiger partial charge is 0.462 e. The molecule has 0 aromatic carbocycles. The van der Waals surface area contributed by atoms with E-state index in [-0.39, 0.29) is 31.1 Å². The molecule has 0 aromatic heterocycles. The highest BCUT2D eigenvalue weighted by Crippen LogP contribution is 2.20. The molecule has 0 heterocycles. The fraction of sp³-hybridized carbons (Fsp3) is 0.956. The molecule has 440 valence electrons. The predicted molar refractivity (Wildman–Crippen MR) is 321 cm³/mol. The van der Waals surface area contributed by atoms with Gasteiger partial charge in [0.05, 0.1) is 0 Å². The minimum atomic E-state index is -0.765. The minimum absolute atomic E-state index is 0.0624. The third-order valence-electron chi connectivity index (χ3n) is 16.0. The molecule has 2 atom stereocenters. The van der Waals surface area contributed by atoms with Gasteiger partial charge in [0.1, 0.15) is 13.2 Å². The Morgan fingerprint density at radius 1 is 0.270 bits per heavy atom. The maximum atomic E-state index is 12.9. The van der Waals surface area contributed by atoms with Crippen LogP contribution in [0.4, 0.5) is 0 Å². The number of ether oxygens (including phenoxy) is 3. The van der Waals surface area contributed by atoms with E-state index in [4.69, 9.17) is 14.2 Å². The number of carbonyl (C=O) groups excluding carboxylic acids is 3. The summed E-state index contributed by atoms with van der Waals surface area (Å²) in [5.41, 5.74) is 0. The number of hydrogen-bond donors (Lipinski definition) is 0. The van der Waals surface area contributed by atoms with Gasteiger partial charge in [0, 0.05) is 19.3 Å². The quantitative estimate of drug-likeness (QED) is 0.0343. The van der Waals surface area contributed by atoms with Crippen molar-refractivity contribution < 1.29 is 28.6 Å². The van der Waals surface area contributed by atoms with Crippen LogP contribution in [0, 0.1) is 17.8 Å². The third kappa shape index (κ3) is 59.7. The first-order chi connectivity index (χ1) is 36.1. The maximum absolute atomic E-state index is 12.9. The molecule has 6 nitrogen and oxygen atoms in total. The fourth-order valence-electron chi connectivity index (χ4n) is 10.6. The number of carbonyl (C=O) groups is 3. The van der Waals surface area contributed by atoms with Gasteiger partial charge >= 0.3 is 17.9 Å². The molecule has 6 heteroatoms. The second kappa shape index (κ2) is 59.1. The average Bonchev–Trinajstić information content (AvgIpc) is 3.38. The summed E-state index contributed by atoms with van der Waals surface area (Å²) >= 11 is 0. The lowest BCUT2D eigenvalue weighted by Crippen LogP contribution is -2.30. The molecule has 0 aliphatic heterocycles. The molecule has 74 heavy (non-hydrogen) atoms. The van der Waals surface area contributed by atoms with Crippen molar-refractivity contribution in [1.82, 2.24) is 0 Å². The van der Waals surface area contributed by atoms with Crippen LogP contribution in [0.1, 0.15) is 382 Å². The van der Waals surface area contributed by atoms with Crippen LogP contribution in [-0.4, -0.2) is 37.2 Å². The van der Waals surface area contributed by atoms with Crippen molar-refractivity contribution in [2.24, 2.45) is 17.8 Å². The molecule has 0 N–H and O–H groups in total. The van der Waals surface area contributed by atoms with Crippen LogP contribution in [0.3, 0.4) is 0 Å².